The summed E-state index contributed by atoms with van der Waals surface area (Å²) in [6.45, 7) is 5.09. The number of ether oxygens (including phenoxy) is 1. The van der Waals surface area contributed by atoms with Crippen LogP contribution in [-0.2, 0) is 0 Å². The zero-order valence-corrected chi connectivity index (χ0v) is 19.5. The minimum absolute atomic E-state index is 0.204. The Morgan fingerprint density at radius 2 is 1.75 bits per heavy atom. The van der Waals surface area contributed by atoms with Gasteiger partial charge in [-0.05, 0) is 50.9 Å². The number of anilines is 1. The van der Waals surface area contributed by atoms with Crippen molar-refractivity contribution in [3.8, 4) is 5.75 Å². The molecule has 9 heteroatoms. The van der Waals surface area contributed by atoms with Crippen molar-refractivity contribution in [2.75, 3.05) is 31.6 Å². The van der Waals surface area contributed by atoms with E-state index in [-0.39, 0.29) is 12.0 Å². The number of likely N-dealkylation sites (tertiary alicyclic amines) is 1. The first-order chi connectivity index (χ1) is 15.5. The largest absolute Gasteiger partial charge is 0.494 e. The minimum atomic E-state index is -0.549. The second-order valence-corrected chi connectivity index (χ2v) is 9.33. The van der Waals surface area contributed by atoms with E-state index in [4.69, 9.17) is 21.9 Å². The molecule has 1 aromatic carbocycles. The Bertz CT molecular complexity index is 762. The van der Waals surface area contributed by atoms with Crippen molar-refractivity contribution in [2.24, 2.45) is 17.2 Å². The molecule has 3 fully saturated rings. The third-order valence-corrected chi connectivity index (χ3v) is 7.62. The number of methoxy groups -OCH3 is 1. The molecule has 1 saturated carbocycles. The molecule has 3 aliphatic rings. The summed E-state index contributed by atoms with van der Waals surface area (Å²) in [5.74, 6) is -0.224. The Morgan fingerprint density at radius 1 is 1.00 bits per heavy atom. The van der Waals surface area contributed by atoms with Gasteiger partial charge in [-0.3, -0.25) is 16.4 Å². The van der Waals surface area contributed by atoms with Gasteiger partial charge in [0.1, 0.15) is 18.9 Å². The van der Waals surface area contributed by atoms with Crippen molar-refractivity contribution in [3.05, 3.63) is 24.0 Å². The summed E-state index contributed by atoms with van der Waals surface area (Å²) in [6.07, 6.45) is 6.61. The Hall–Kier alpha value is -1.49. The van der Waals surface area contributed by atoms with Crippen LogP contribution in [-0.4, -0.2) is 72.4 Å². The van der Waals surface area contributed by atoms with E-state index in [9.17, 15) is 4.39 Å². The lowest BCUT2D eigenvalue weighted by Gasteiger charge is -2.58. The number of hydrogen-bond donors (Lipinski definition) is 3. The fourth-order valence-electron chi connectivity index (χ4n) is 5.85. The highest BCUT2D eigenvalue weighted by Crippen LogP contribution is 2.34. The summed E-state index contributed by atoms with van der Waals surface area (Å²) in [4.78, 5) is 8.76. The van der Waals surface area contributed by atoms with E-state index in [0.29, 0.717) is 17.8 Å². The molecule has 2 saturated heterocycles. The first-order valence-corrected chi connectivity index (χ1v) is 12.1. The number of halogens is 1. The average Bonchev–Trinajstić information content (AvgIpc) is 3.25. The smallest absolute Gasteiger partial charge is 0.167 e. The number of likely N-dealkylation sites (N-methyl/N-ethyl adjacent to an activating group) is 1. The van der Waals surface area contributed by atoms with Gasteiger partial charge >= 0.3 is 0 Å². The predicted octanol–water partition coefficient (Wildman–Crippen LogP) is 1.80. The first-order valence-electron chi connectivity index (χ1n) is 12.1. The van der Waals surface area contributed by atoms with Gasteiger partial charge in [0.25, 0.3) is 0 Å². The van der Waals surface area contributed by atoms with E-state index in [1.807, 2.05) is 11.0 Å². The molecule has 4 unspecified atom stereocenters. The summed E-state index contributed by atoms with van der Waals surface area (Å²) in [6, 6.07) is 5.61. The Balaban J connectivity index is 1.67. The number of rotatable bonds is 6. The van der Waals surface area contributed by atoms with Gasteiger partial charge in [-0.1, -0.05) is 26.2 Å². The number of hydrogen-bond acceptors (Lipinski definition) is 8. The second kappa shape index (κ2) is 10.2. The molecular weight excluding hydrogens is 409 g/mol. The van der Waals surface area contributed by atoms with Crippen LogP contribution in [0.15, 0.2) is 18.2 Å². The highest BCUT2D eigenvalue weighted by molar-refractivity contribution is 5.51. The monoisotopic (exact) mass is 449 g/mol. The number of nitrogens with two attached hydrogens (primary N) is 3. The highest BCUT2D eigenvalue weighted by Gasteiger charge is 2.46. The van der Waals surface area contributed by atoms with Crippen LogP contribution in [0.5, 0.6) is 5.75 Å². The standard InChI is InChI=1S/C23H40FN7O/c1-3-28-13-7-10-18(28)15-29-21(25)30(16-8-5-4-6-9-16)23(27)31(22(29)26)17-11-12-20(32-2)19(24)14-17/h11-12,14,16,18,21-23H,3-10,13,15,25-27H2,1-2H3. The van der Waals surface area contributed by atoms with Crippen LogP contribution < -0.4 is 26.8 Å². The van der Waals surface area contributed by atoms with Crippen LogP contribution in [0.25, 0.3) is 0 Å². The number of benzene rings is 1. The fraction of sp³-hybridized carbons (Fsp3) is 0.739. The zero-order chi connectivity index (χ0) is 22.8. The van der Waals surface area contributed by atoms with E-state index in [1.54, 1.807) is 6.07 Å². The van der Waals surface area contributed by atoms with E-state index in [2.05, 4.69) is 21.6 Å². The van der Waals surface area contributed by atoms with Crippen LogP contribution in [0.3, 0.4) is 0 Å². The lowest BCUT2D eigenvalue weighted by molar-refractivity contribution is -0.0951. The lowest BCUT2D eigenvalue weighted by Crippen LogP contribution is -2.80. The van der Waals surface area contributed by atoms with Gasteiger partial charge < -0.3 is 15.4 Å². The van der Waals surface area contributed by atoms with Crippen LogP contribution in [0, 0.1) is 5.82 Å². The van der Waals surface area contributed by atoms with Crippen molar-refractivity contribution >= 4 is 5.69 Å². The molecule has 8 nitrogen and oxygen atoms in total. The zero-order valence-electron chi connectivity index (χ0n) is 19.5. The van der Waals surface area contributed by atoms with Crippen molar-refractivity contribution in [1.29, 1.82) is 0 Å². The SMILES string of the molecule is CCN1CCCC1CN1C(N)N(c2ccc(OC)c(F)c2)C(N)N(C2CCCCC2)C1N. The molecule has 32 heavy (non-hydrogen) atoms. The molecule has 4 rings (SSSR count). The van der Waals surface area contributed by atoms with Gasteiger partial charge in [0.05, 0.1) is 7.11 Å². The van der Waals surface area contributed by atoms with Crippen LogP contribution in [0.4, 0.5) is 10.1 Å². The van der Waals surface area contributed by atoms with Crippen molar-refractivity contribution in [1.82, 2.24) is 14.7 Å². The summed E-state index contributed by atoms with van der Waals surface area (Å²) < 4.78 is 19.7. The maximum absolute atomic E-state index is 14.6. The van der Waals surface area contributed by atoms with Gasteiger partial charge in [-0.2, -0.15) is 0 Å². The Labute approximate surface area is 191 Å². The highest BCUT2D eigenvalue weighted by atomic mass is 19.1. The molecule has 0 radical (unpaired) electrons. The molecule has 1 aliphatic carbocycles. The second-order valence-electron chi connectivity index (χ2n) is 9.33. The van der Waals surface area contributed by atoms with Crippen molar-refractivity contribution < 1.29 is 9.13 Å². The molecule has 0 bridgehead atoms. The first kappa shape index (κ1) is 23.7. The third kappa shape index (κ3) is 4.47. The molecule has 6 N–H and O–H groups in total. The van der Waals surface area contributed by atoms with E-state index < -0.39 is 18.4 Å². The molecular formula is C23H40FN7O. The average molecular weight is 450 g/mol. The van der Waals surface area contributed by atoms with Gasteiger partial charge in [-0.25, -0.2) is 14.2 Å². The summed E-state index contributed by atoms with van der Waals surface area (Å²) in [7, 11) is 1.46. The molecule has 0 aromatic heterocycles. The topological polar surface area (TPSA) is 100 Å². The van der Waals surface area contributed by atoms with Gasteiger partial charge in [0.2, 0.25) is 0 Å². The summed E-state index contributed by atoms with van der Waals surface area (Å²) in [5.41, 5.74) is 21.1. The Kier molecular flexibility index (Phi) is 7.54. The van der Waals surface area contributed by atoms with Gasteiger partial charge in [0.15, 0.2) is 11.6 Å². The lowest BCUT2D eigenvalue weighted by atomic mass is 9.93. The van der Waals surface area contributed by atoms with E-state index in [0.717, 1.165) is 38.9 Å². The van der Waals surface area contributed by atoms with Crippen LogP contribution >= 0.6 is 0 Å². The molecule has 0 amide bonds. The van der Waals surface area contributed by atoms with Crippen LogP contribution in [0.2, 0.25) is 0 Å². The molecule has 180 valence electrons. The fourth-order valence-corrected chi connectivity index (χ4v) is 5.85. The maximum atomic E-state index is 14.6. The van der Waals surface area contributed by atoms with Crippen molar-refractivity contribution in [2.45, 2.75) is 82.8 Å². The normalized spacial score (nSPS) is 31.4. The molecule has 1 aromatic rings. The molecule has 0 spiro atoms. The van der Waals surface area contributed by atoms with Crippen molar-refractivity contribution in [3.63, 3.8) is 0 Å². The predicted molar refractivity (Wildman–Crippen MR) is 125 cm³/mol. The minimum Gasteiger partial charge on any atom is -0.494 e. The molecule has 2 heterocycles. The third-order valence-electron chi connectivity index (χ3n) is 7.62. The molecule has 2 aliphatic heterocycles. The molecule has 4 atom stereocenters. The quantitative estimate of drug-likeness (QED) is 0.605. The summed E-state index contributed by atoms with van der Waals surface area (Å²) >= 11 is 0. The van der Waals surface area contributed by atoms with Gasteiger partial charge in [-0.15, -0.1) is 0 Å². The maximum Gasteiger partial charge on any atom is 0.167 e. The van der Waals surface area contributed by atoms with E-state index in [1.165, 1.54) is 38.9 Å². The van der Waals surface area contributed by atoms with Gasteiger partial charge in [0, 0.05) is 30.4 Å². The van der Waals surface area contributed by atoms with E-state index >= 15 is 0 Å². The number of nitrogens with zero attached hydrogens (tertiary/aromatic N) is 4. The van der Waals surface area contributed by atoms with Crippen LogP contribution in [0.1, 0.15) is 51.9 Å². The summed E-state index contributed by atoms with van der Waals surface area (Å²) in [5, 5.41) is 0. The Morgan fingerprint density at radius 3 is 2.41 bits per heavy atom.